The van der Waals surface area contributed by atoms with Crippen molar-refractivity contribution in [2.24, 2.45) is 0 Å². The molecule has 0 atom stereocenters. The van der Waals surface area contributed by atoms with Gasteiger partial charge in [0.25, 0.3) is 5.91 Å². The van der Waals surface area contributed by atoms with Gasteiger partial charge in [0.2, 0.25) is 0 Å². The quantitative estimate of drug-likeness (QED) is 0.615. The summed E-state index contributed by atoms with van der Waals surface area (Å²) in [5, 5.41) is 2.63. The van der Waals surface area contributed by atoms with Crippen LogP contribution in [0.5, 0.6) is 0 Å². The molecule has 0 aromatic heterocycles. The van der Waals surface area contributed by atoms with Crippen LogP contribution >= 0.6 is 15.9 Å². The highest BCUT2D eigenvalue weighted by Gasteiger charge is 2.02. The normalized spacial score (nSPS) is 9.31. The number of nitrogen functional groups attached to an aromatic ring is 1. The Balaban J connectivity index is 2.70. The number of rotatable bonds is 2. The van der Waals surface area contributed by atoms with Gasteiger partial charge in [0.1, 0.15) is 0 Å². The van der Waals surface area contributed by atoms with Crippen molar-refractivity contribution in [1.29, 1.82) is 0 Å². The summed E-state index contributed by atoms with van der Waals surface area (Å²) < 4.78 is 0.296. The van der Waals surface area contributed by atoms with E-state index in [0.717, 1.165) is 0 Å². The van der Waals surface area contributed by atoms with Crippen molar-refractivity contribution in [2.75, 3.05) is 11.1 Å². The first kappa shape index (κ1) is 9.80. The molecule has 0 aliphatic carbocycles. The van der Waals surface area contributed by atoms with Gasteiger partial charge in [-0.05, 0) is 40.2 Å². The van der Waals surface area contributed by atoms with Crippen LogP contribution in [0.15, 0.2) is 35.3 Å². The second-order valence-corrected chi connectivity index (χ2v) is 3.44. The third kappa shape index (κ3) is 2.91. The Labute approximate surface area is 84.8 Å². The van der Waals surface area contributed by atoms with Crippen LogP contribution in [0.1, 0.15) is 0 Å². The molecule has 0 radical (unpaired) electrons. The summed E-state index contributed by atoms with van der Waals surface area (Å²) in [7, 11) is 0. The summed E-state index contributed by atoms with van der Waals surface area (Å²) in [6.45, 7) is 3.45. The molecule has 0 saturated carbocycles. The van der Waals surface area contributed by atoms with Crippen LogP contribution in [0.4, 0.5) is 11.4 Å². The van der Waals surface area contributed by atoms with Gasteiger partial charge in [-0.3, -0.25) is 4.79 Å². The molecular formula is C9H9BrN2O. The zero-order valence-electron chi connectivity index (χ0n) is 6.88. The maximum atomic E-state index is 11.1. The molecule has 1 rings (SSSR count). The molecule has 0 spiro atoms. The predicted octanol–water partition coefficient (Wildman–Crippen LogP) is 2.12. The Kier molecular flexibility index (Phi) is 3.08. The van der Waals surface area contributed by atoms with E-state index >= 15 is 0 Å². The first-order chi connectivity index (χ1) is 6.09. The van der Waals surface area contributed by atoms with E-state index in [1.165, 1.54) is 0 Å². The SMILES string of the molecule is C=C(Br)C(=O)Nc1ccc(N)cc1. The largest absolute Gasteiger partial charge is 0.399 e. The van der Waals surface area contributed by atoms with Gasteiger partial charge in [0.05, 0.1) is 4.48 Å². The van der Waals surface area contributed by atoms with Crippen molar-refractivity contribution >= 4 is 33.2 Å². The van der Waals surface area contributed by atoms with Crippen molar-refractivity contribution in [2.45, 2.75) is 0 Å². The summed E-state index contributed by atoms with van der Waals surface area (Å²) in [5.74, 6) is -0.259. The average Bonchev–Trinajstić information content (AvgIpc) is 2.08. The second-order valence-electron chi connectivity index (χ2n) is 2.48. The molecule has 0 aliphatic heterocycles. The lowest BCUT2D eigenvalue weighted by atomic mass is 10.3. The maximum absolute atomic E-state index is 11.1. The lowest BCUT2D eigenvalue weighted by molar-refractivity contribution is -0.112. The lowest BCUT2D eigenvalue weighted by Crippen LogP contribution is -2.10. The van der Waals surface area contributed by atoms with Gasteiger partial charge in [-0.25, -0.2) is 0 Å². The number of nitrogens with one attached hydrogen (secondary N) is 1. The molecule has 0 fully saturated rings. The number of carbonyl (C=O) groups excluding carboxylic acids is 1. The van der Waals surface area contributed by atoms with Crippen molar-refractivity contribution in [1.82, 2.24) is 0 Å². The number of anilines is 2. The molecule has 13 heavy (non-hydrogen) atoms. The van der Waals surface area contributed by atoms with Crippen LogP contribution in [0.2, 0.25) is 0 Å². The monoisotopic (exact) mass is 240 g/mol. The maximum Gasteiger partial charge on any atom is 0.262 e. The number of hydrogen-bond acceptors (Lipinski definition) is 2. The highest BCUT2D eigenvalue weighted by Crippen LogP contribution is 2.12. The number of benzene rings is 1. The van der Waals surface area contributed by atoms with Crippen LogP contribution in [0.3, 0.4) is 0 Å². The van der Waals surface area contributed by atoms with Gasteiger partial charge in [-0.1, -0.05) is 6.58 Å². The van der Waals surface area contributed by atoms with E-state index in [0.29, 0.717) is 15.9 Å². The zero-order chi connectivity index (χ0) is 9.84. The van der Waals surface area contributed by atoms with Crippen LogP contribution < -0.4 is 11.1 Å². The molecule has 3 N–H and O–H groups in total. The average molecular weight is 241 g/mol. The minimum atomic E-state index is -0.259. The number of amides is 1. The summed E-state index contributed by atoms with van der Waals surface area (Å²) in [4.78, 5) is 11.1. The molecule has 0 aliphatic rings. The number of carbonyl (C=O) groups is 1. The highest BCUT2D eigenvalue weighted by atomic mass is 79.9. The molecule has 68 valence electrons. The summed E-state index contributed by atoms with van der Waals surface area (Å²) in [5.41, 5.74) is 6.83. The molecule has 0 unspecified atom stereocenters. The van der Waals surface area contributed by atoms with Crippen molar-refractivity contribution in [3.63, 3.8) is 0 Å². The summed E-state index contributed by atoms with van der Waals surface area (Å²) >= 11 is 2.98. The van der Waals surface area contributed by atoms with E-state index in [4.69, 9.17) is 5.73 Å². The number of hydrogen-bond donors (Lipinski definition) is 2. The number of nitrogens with two attached hydrogens (primary N) is 1. The molecule has 1 amide bonds. The van der Waals surface area contributed by atoms with E-state index < -0.39 is 0 Å². The standard InChI is InChI=1S/C9H9BrN2O/c1-6(10)9(13)12-8-4-2-7(11)3-5-8/h2-5H,1,11H2,(H,12,13). The summed E-state index contributed by atoms with van der Waals surface area (Å²) in [6, 6.07) is 6.88. The van der Waals surface area contributed by atoms with Gasteiger partial charge >= 0.3 is 0 Å². The van der Waals surface area contributed by atoms with Gasteiger partial charge in [0.15, 0.2) is 0 Å². The second kappa shape index (κ2) is 4.09. The van der Waals surface area contributed by atoms with E-state index in [9.17, 15) is 4.79 Å². The van der Waals surface area contributed by atoms with Crippen LogP contribution in [-0.4, -0.2) is 5.91 Å². The Morgan fingerprint density at radius 1 is 1.38 bits per heavy atom. The molecule has 1 aromatic carbocycles. The van der Waals surface area contributed by atoms with Crippen LogP contribution in [0, 0.1) is 0 Å². The number of halogens is 1. The topological polar surface area (TPSA) is 55.1 Å². The fourth-order valence-electron chi connectivity index (χ4n) is 0.765. The van der Waals surface area contributed by atoms with E-state index in [1.54, 1.807) is 24.3 Å². The van der Waals surface area contributed by atoms with Gasteiger partial charge in [0, 0.05) is 11.4 Å². The molecular weight excluding hydrogens is 232 g/mol. The minimum absolute atomic E-state index is 0.259. The van der Waals surface area contributed by atoms with Crippen molar-refractivity contribution in [3.05, 3.63) is 35.3 Å². The highest BCUT2D eigenvalue weighted by molar-refractivity contribution is 9.12. The molecule has 1 aromatic rings. The van der Waals surface area contributed by atoms with Gasteiger partial charge in [-0.15, -0.1) is 0 Å². The Morgan fingerprint density at radius 3 is 2.38 bits per heavy atom. The first-order valence-electron chi connectivity index (χ1n) is 3.61. The Morgan fingerprint density at radius 2 is 1.92 bits per heavy atom. The van der Waals surface area contributed by atoms with E-state index in [2.05, 4.69) is 27.8 Å². The van der Waals surface area contributed by atoms with Crippen molar-refractivity contribution in [3.8, 4) is 0 Å². The first-order valence-corrected chi connectivity index (χ1v) is 4.40. The zero-order valence-corrected chi connectivity index (χ0v) is 8.47. The van der Waals surface area contributed by atoms with E-state index in [-0.39, 0.29) is 5.91 Å². The smallest absolute Gasteiger partial charge is 0.262 e. The Bertz CT molecular complexity index is 332. The minimum Gasteiger partial charge on any atom is -0.399 e. The lowest BCUT2D eigenvalue weighted by Gasteiger charge is -2.03. The third-order valence-electron chi connectivity index (χ3n) is 1.41. The van der Waals surface area contributed by atoms with E-state index in [1.807, 2.05) is 0 Å². The third-order valence-corrected chi connectivity index (χ3v) is 1.78. The molecule has 4 heteroatoms. The van der Waals surface area contributed by atoms with Crippen molar-refractivity contribution < 1.29 is 4.79 Å². The summed E-state index contributed by atoms with van der Waals surface area (Å²) in [6.07, 6.45) is 0. The molecule has 3 nitrogen and oxygen atoms in total. The molecule has 0 saturated heterocycles. The predicted molar refractivity (Wildman–Crippen MR) is 57.6 cm³/mol. The fraction of sp³-hybridized carbons (Fsp3) is 0. The van der Waals surface area contributed by atoms with Crippen LogP contribution in [0.25, 0.3) is 0 Å². The Hall–Kier alpha value is -1.29. The van der Waals surface area contributed by atoms with Gasteiger partial charge in [-0.2, -0.15) is 0 Å². The fourth-order valence-corrected chi connectivity index (χ4v) is 0.864. The molecule has 0 bridgehead atoms. The molecule has 0 heterocycles. The van der Waals surface area contributed by atoms with Crippen LogP contribution in [-0.2, 0) is 4.79 Å². The van der Waals surface area contributed by atoms with Gasteiger partial charge < -0.3 is 11.1 Å².